The van der Waals surface area contributed by atoms with Crippen molar-refractivity contribution in [2.45, 2.75) is 23.6 Å². The van der Waals surface area contributed by atoms with Gasteiger partial charge in [0.05, 0.1) is 34.0 Å². The van der Waals surface area contributed by atoms with Crippen LogP contribution in [0, 0.1) is 13.8 Å². The van der Waals surface area contributed by atoms with E-state index in [1.165, 1.54) is 48.2 Å². The highest BCUT2D eigenvalue weighted by Gasteiger charge is 2.24. The van der Waals surface area contributed by atoms with Gasteiger partial charge in [-0.05, 0) is 74.0 Å². The number of aryl methyl sites for hydroxylation is 1. The highest BCUT2D eigenvalue weighted by molar-refractivity contribution is 7.93. The van der Waals surface area contributed by atoms with Crippen LogP contribution in [0.2, 0.25) is 0 Å². The number of aromatic nitrogens is 2. The first-order valence-electron chi connectivity index (χ1n) is 13.9. The summed E-state index contributed by atoms with van der Waals surface area (Å²) < 4.78 is 66.4. The van der Waals surface area contributed by atoms with E-state index >= 15 is 0 Å². The fraction of sp³-hybridized carbons (Fsp3) is 0.125. The zero-order valence-corrected chi connectivity index (χ0v) is 26.9. The lowest BCUT2D eigenvalue weighted by Gasteiger charge is -2.14. The van der Waals surface area contributed by atoms with Gasteiger partial charge in [-0.3, -0.25) is 23.7 Å². The summed E-state index contributed by atoms with van der Waals surface area (Å²) in [6.07, 6.45) is 0. The van der Waals surface area contributed by atoms with Crippen molar-refractivity contribution in [1.82, 2.24) is 9.36 Å². The van der Waals surface area contributed by atoms with Crippen LogP contribution in [-0.2, 0) is 27.1 Å². The second kappa shape index (κ2) is 12.6. The molecule has 0 aliphatic carbocycles. The molecule has 1 heterocycles. The average Bonchev–Trinajstić information content (AvgIpc) is 3.24. The molecule has 0 unspecified atom stereocenters. The molecular weight excluding hydrogens is 631 g/mol. The van der Waals surface area contributed by atoms with Gasteiger partial charge >= 0.3 is 0 Å². The Bertz CT molecular complexity index is 2230. The molecule has 4 aromatic carbocycles. The summed E-state index contributed by atoms with van der Waals surface area (Å²) in [4.78, 5) is 26.2. The third-order valence-corrected chi connectivity index (χ3v) is 10.1. The molecule has 0 fully saturated rings. The van der Waals surface area contributed by atoms with Gasteiger partial charge in [0.1, 0.15) is 11.4 Å². The first kappa shape index (κ1) is 32.1. The monoisotopic (exact) mass is 661 g/mol. The van der Waals surface area contributed by atoms with Gasteiger partial charge in [0, 0.05) is 18.3 Å². The van der Waals surface area contributed by atoms with Gasteiger partial charge in [-0.2, -0.15) is 0 Å². The molecule has 46 heavy (non-hydrogen) atoms. The zero-order valence-electron chi connectivity index (χ0n) is 25.3. The fourth-order valence-electron chi connectivity index (χ4n) is 4.78. The number of rotatable bonds is 10. The molecule has 0 aliphatic heterocycles. The largest absolute Gasteiger partial charge is 0.495 e. The standard InChI is InChI=1S/C32H31N5O7S2/c1-21-17-18-24(20-29(21)46(42,43)34-27-15-8-9-16-28(27)44-4)33-31(38)23-11-10-14-26(19-23)45(40,41)35-30-22(2)36(3)37(32(30)39)25-12-6-5-7-13-25/h5-20,34-35H,1-4H3,(H,33,38). The molecule has 5 rings (SSSR count). The maximum Gasteiger partial charge on any atom is 0.296 e. The molecule has 0 bridgehead atoms. The summed E-state index contributed by atoms with van der Waals surface area (Å²) in [7, 11) is -5.31. The van der Waals surface area contributed by atoms with Crippen molar-refractivity contribution in [2.75, 3.05) is 21.9 Å². The van der Waals surface area contributed by atoms with Crippen LogP contribution in [0.3, 0.4) is 0 Å². The first-order chi connectivity index (χ1) is 21.8. The second-order valence-electron chi connectivity index (χ2n) is 10.3. The van der Waals surface area contributed by atoms with E-state index in [-0.39, 0.29) is 32.4 Å². The van der Waals surface area contributed by atoms with E-state index in [4.69, 9.17) is 4.74 Å². The summed E-state index contributed by atoms with van der Waals surface area (Å²) in [5, 5.41) is 2.63. The zero-order chi connectivity index (χ0) is 33.2. The molecule has 0 radical (unpaired) electrons. The van der Waals surface area contributed by atoms with E-state index < -0.39 is 31.5 Å². The van der Waals surface area contributed by atoms with Crippen LogP contribution in [0.4, 0.5) is 17.1 Å². The first-order valence-corrected chi connectivity index (χ1v) is 16.8. The van der Waals surface area contributed by atoms with Crippen LogP contribution < -0.4 is 25.1 Å². The topological polar surface area (TPSA) is 158 Å². The van der Waals surface area contributed by atoms with Crippen molar-refractivity contribution >= 4 is 43.0 Å². The molecule has 14 heteroatoms. The Morgan fingerprint density at radius 3 is 2.20 bits per heavy atom. The van der Waals surface area contributed by atoms with Crippen LogP contribution >= 0.6 is 0 Å². The Kier molecular flexibility index (Phi) is 8.76. The summed E-state index contributed by atoms with van der Waals surface area (Å²) in [5.74, 6) is -0.342. The number of para-hydroxylation sites is 3. The van der Waals surface area contributed by atoms with Gasteiger partial charge in [0.15, 0.2) is 0 Å². The minimum atomic E-state index is -4.29. The predicted molar refractivity (Wildman–Crippen MR) is 176 cm³/mol. The number of sulfonamides is 2. The van der Waals surface area contributed by atoms with Crippen molar-refractivity contribution in [3.63, 3.8) is 0 Å². The quantitative estimate of drug-likeness (QED) is 0.197. The fourth-order valence-corrected chi connectivity index (χ4v) is 7.29. The SMILES string of the molecule is COc1ccccc1NS(=O)(=O)c1cc(NC(=O)c2cccc(S(=O)(=O)Nc3c(C)n(C)n(-c4ccccc4)c3=O)c2)ccc1C. The molecule has 1 aromatic heterocycles. The Balaban J connectivity index is 1.38. The highest BCUT2D eigenvalue weighted by atomic mass is 32.2. The number of methoxy groups -OCH3 is 1. The number of nitrogens with one attached hydrogen (secondary N) is 3. The summed E-state index contributed by atoms with van der Waals surface area (Å²) in [5.41, 5.74) is 1.10. The highest BCUT2D eigenvalue weighted by Crippen LogP contribution is 2.29. The van der Waals surface area contributed by atoms with E-state index in [1.807, 2.05) is 0 Å². The number of ether oxygens (including phenoxy) is 1. The number of hydrogen-bond donors (Lipinski definition) is 3. The second-order valence-corrected chi connectivity index (χ2v) is 13.6. The van der Waals surface area contributed by atoms with Crippen LogP contribution in [0.5, 0.6) is 5.75 Å². The minimum absolute atomic E-state index is 0.00788. The molecule has 3 N–H and O–H groups in total. The van der Waals surface area contributed by atoms with E-state index in [1.54, 1.807) is 86.2 Å². The molecular formula is C32H31N5O7S2. The molecule has 0 saturated carbocycles. The number of amides is 1. The number of nitrogens with zero attached hydrogens (tertiary/aromatic N) is 2. The van der Waals surface area contributed by atoms with Gasteiger partial charge in [-0.15, -0.1) is 0 Å². The molecule has 0 spiro atoms. The third kappa shape index (κ3) is 6.39. The Hall–Kier alpha value is -5.34. The lowest BCUT2D eigenvalue weighted by molar-refractivity contribution is 0.102. The average molecular weight is 662 g/mol. The van der Waals surface area contributed by atoms with Crippen molar-refractivity contribution in [3.8, 4) is 11.4 Å². The summed E-state index contributed by atoms with van der Waals surface area (Å²) in [6, 6.07) is 25.0. The smallest absolute Gasteiger partial charge is 0.296 e. The lowest BCUT2D eigenvalue weighted by atomic mass is 10.2. The Morgan fingerprint density at radius 2 is 1.48 bits per heavy atom. The van der Waals surface area contributed by atoms with Crippen LogP contribution in [0.25, 0.3) is 5.69 Å². The van der Waals surface area contributed by atoms with Crippen molar-refractivity contribution < 1.29 is 26.4 Å². The summed E-state index contributed by atoms with van der Waals surface area (Å²) in [6.45, 7) is 3.23. The van der Waals surface area contributed by atoms with Gasteiger partial charge in [-0.1, -0.05) is 42.5 Å². The molecule has 12 nitrogen and oxygen atoms in total. The van der Waals surface area contributed by atoms with Gasteiger partial charge in [0.2, 0.25) is 0 Å². The van der Waals surface area contributed by atoms with E-state index in [2.05, 4.69) is 14.8 Å². The minimum Gasteiger partial charge on any atom is -0.495 e. The van der Waals surface area contributed by atoms with Gasteiger partial charge in [0.25, 0.3) is 31.5 Å². The van der Waals surface area contributed by atoms with Gasteiger partial charge < -0.3 is 10.1 Å². The van der Waals surface area contributed by atoms with Gasteiger partial charge in [-0.25, -0.2) is 21.5 Å². The third-order valence-electron chi connectivity index (χ3n) is 7.28. The Labute approximate surface area is 266 Å². The number of hydrogen-bond acceptors (Lipinski definition) is 7. The predicted octanol–water partition coefficient (Wildman–Crippen LogP) is 4.66. The maximum absolute atomic E-state index is 13.4. The normalized spacial score (nSPS) is 11.6. The lowest BCUT2D eigenvalue weighted by Crippen LogP contribution is -2.23. The van der Waals surface area contributed by atoms with Crippen LogP contribution in [-0.4, -0.2) is 39.2 Å². The number of carbonyl (C=O) groups excluding carboxylic acids is 1. The van der Waals surface area contributed by atoms with Crippen molar-refractivity contribution in [2.24, 2.45) is 7.05 Å². The molecule has 5 aromatic rings. The Morgan fingerprint density at radius 1 is 0.783 bits per heavy atom. The van der Waals surface area contributed by atoms with Crippen molar-refractivity contribution in [3.05, 3.63) is 124 Å². The van der Waals surface area contributed by atoms with E-state index in [9.17, 15) is 26.4 Å². The molecule has 1 amide bonds. The van der Waals surface area contributed by atoms with E-state index in [0.717, 1.165) is 0 Å². The van der Waals surface area contributed by atoms with E-state index in [0.29, 0.717) is 22.7 Å². The molecule has 0 saturated heterocycles. The maximum atomic E-state index is 13.4. The number of carbonyl (C=O) groups is 1. The number of benzene rings is 4. The van der Waals surface area contributed by atoms with Crippen molar-refractivity contribution in [1.29, 1.82) is 0 Å². The molecule has 238 valence electrons. The summed E-state index contributed by atoms with van der Waals surface area (Å²) >= 11 is 0. The van der Waals surface area contributed by atoms with Crippen LogP contribution in [0.1, 0.15) is 21.6 Å². The number of anilines is 3. The molecule has 0 aliphatic rings. The van der Waals surface area contributed by atoms with Crippen LogP contribution in [0.15, 0.2) is 112 Å². The molecule has 0 atom stereocenters.